The quantitative estimate of drug-likeness (QED) is 0.848. The molecular formula is C13H14BrFN2O3S. The summed E-state index contributed by atoms with van der Waals surface area (Å²) in [6, 6.07) is 2.52. The number of halogens is 2. The molecule has 0 spiro atoms. The number of hydrogen-bond donors (Lipinski definition) is 2. The number of carbonyl (C=O) groups excluding carboxylic acids is 1. The minimum Gasteiger partial charge on any atom is -0.480 e. The zero-order valence-corrected chi connectivity index (χ0v) is 13.6. The number of carboxylic acid groups (broad SMARTS) is 1. The van der Waals surface area contributed by atoms with E-state index in [-0.39, 0.29) is 11.1 Å². The van der Waals surface area contributed by atoms with Crippen LogP contribution in [-0.4, -0.2) is 39.2 Å². The van der Waals surface area contributed by atoms with Gasteiger partial charge in [0.25, 0.3) is 0 Å². The zero-order chi connectivity index (χ0) is 15.6. The van der Waals surface area contributed by atoms with Crippen LogP contribution in [0.5, 0.6) is 0 Å². The summed E-state index contributed by atoms with van der Waals surface area (Å²) in [4.78, 5) is 24.9. The molecule has 1 aliphatic heterocycles. The highest BCUT2D eigenvalue weighted by Crippen LogP contribution is 2.32. The molecule has 0 bridgehead atoms. The van der Waals surface area contributed by atoms with E-state index in [0.717, 1.165) is 0 Å². The molecule has 1 saturated heterocycles. The van der Waals surface area contributed by atoms with Crippen molar-refractivity contribution in [2.24, 2.45) is 0 Å². The SMILES string of the molecule is CCC1SCC(C(=O)O)N1C(=O)Nc1cc(F)ccc1Br. The number of aliphatic carboxylic acids is 1. The lowest BCUT2D eigenvalue weighted by Gasteiger charge is -2.27. The maximum atomic E-state index is 13.2. The van der Waals surface area contributed by atoms with Crippen molar-refractivity contribution in [2.45, 2.75) is 24.8 Å². The molecule has 2 amide bonds. The van der Waals surface area contributed by atoms with Gasteiger partial charge in [-0.15, -0.1) is 11.8 Å². The van der Waals surface area contributed by atoms with Crippen LogP contribution in [0.3, 0.4) is 0 Å². The summed E-state index contributed by atoms with van der Waals surface area (Å²) in [5.41, 5.74) is 0.274. The van der Waals surface area contributed by atoms with E-state index in [2.05, 4.69) is 21.2 Å². The number of thioether (sulfide) groups is 1. The van der Waals surface area contributed by atoms with Gasteiger partial charge in [-0.2, -0.15) is 0 Å². The molecule has 21 heavy (non-hydrogen) atoms. The van der Waals surface area contributed by atoms with Gasteiger partial charge in [-0.1, -0.05) is 6.92 Å². The minimum atomic E-state index is -1.04. The molecule has 0 aromatic heterocycles. The van der Waals surface area contributed by atoms with Crippen molar-refractivity contribution in [3.63, 3.8) is 0 Å². The van der Waals surface area contributed by atoms with Crippen LogP contribution in [0.15, 0.2) is 22.7 Å². The van der Waals surface area contributed by atoms with E-state index in [9.17, 15) is 19.1 Å². The summed E-state index contributed by atoms with van der Waals surface area (Å²) in [5.74, 6) is -1.16. The second-order valence-corrected chi connectivity index (χ2v) is 6.58. The molecule has 1 aromatic rings. The predicted octanol–water partition coefficient (Wildman–Crippen LogP) is 3.36. The molecule has 2 atom stereocenters. The molecular weight excluding hydrogens is 363 g/mol. The largest absolute Gasteiger partial charge is 0.480 e. The topological polar surface area (TPSA) is 69.6 Å². The van der Waals surface area contributed by atoms with Crippen LogP contribution in [0.25, 0.3) is 0 Å². The van der Waals surface area contributed by atoms with Crippen molar-refractivity contribution in [2.75, 3.05) is 11.1 Å². The zero-order valence-electron chi connectivity index (χ0n) is 11.2. The van der Waals surface area contributed by atoms with Gasteiger partial charge in [-0.25, -0.2) is 14.0 Å². The molecule has 0 radical (unpaired) electrons. The fraction of sp³-hybridized carbons (Fsp3) is 0.385. The van der Waals surface area contributed by atoms with Gasteiger partial charge in [0.05, 0.1) is 11.1 Å². The van der Waals surface area contributed by atoms with Crippen LogP contribution in [0.2, 0.25) is 0 Å². The lowest BCUT2D eigenvalue weighted by atomic mass is 10.2. The van der Waals surface area contributed by atoms with Gasteiger partial charge in [-0.3, -0.25) is 4.90 Å². The van der Waals surface area contributed by atoms with Gasteiger partial charge >= 0.3 is 12.0 Å². The molecule has 0 saturated carbocycles. The summed E-state index contributed by atoms with van der Waals surface area (Å²) < 4.78 is 13.8. The smallest absolute Gasteiger partial charge is 0.327 e. The maximum Gasteiger partial charge on any atom is 0.327 e. The first-order valence-electron chi connectivity index (χ1n) is 6.32. The van der Waals surface area contributed by atoms with Gasteiger partial charge in [0, 0.05) is 10.2 Å². The van der Waals surface area contributed by atoms with Crippen molar-refractivity contribution in [3.05, 3.63) is 28.5 Å². The average Bonchev–Trinajstić information content (AvgIpc) is 2.87. The van der Waals surface area contributed by atoms with Gasteiger partial charge in [0.2, 0.25) is 0 Å². The number of benzene rings is 1. The molecule has 2 rings (SSSR count). The highest BCUT2D eigenvalue weighted by Gasteiger charge is 2.40. The highest BCUT2D eigenvalue weighted by atomic mass is 79.9. The van der Waals surface area contributed by atoms with E-state index < -0.39 is 23.9 Å². The van der Waals surface area contributed by atoms with Crippen molar-refractivity contribution >= 4 is 45.4 Å². The van der Waals surface area contributed by atoms with Crippen molar-refractivity contribution in [1.82, 2.24) is 4.90 Å². The third kappa shape index (κ3) is 3.49. The van der Waals surface area contributed by atoms with Gasteiger partial charge in [0.1, 0.15) is 11.9 Å². The highest BCUT2D eigenvalue weighted by molar-refractivity contribution is 9.10. The Labute approximate surface area is 134 Å². The monoisotopic (exact) mass is 376 g/mol. The number of carbonyl (C=O) groups is 2. The third-order valence-corrected chi connectivity index (χ3v) is 5.28. The normalized spacial score (nSPS) is 21.4. The predicted molar refractivity (Wildman–Crippen MR) is 82.9 cm³/mol. The first-order valence-corrected chi connectivity index (χ1v) is 8.17. The summed E-state index contributed by atoms with van der Waals surface area (Å²) in [5, 5.41) is 11.6. The number of urea groups is 1. The molecule has 2 unspecified atom stereocenters. The minimum absolute atomic E-state index is 0.196. The Hall–Kier alpha value is -1.28. The van der Waals surface area contributed by atoms with Crippen molar-refractivity contribution in [1.29, 1.82) is 0 Å². The van der Waals surface area contributed by atoms with Crippen LogP contribution < -0.4 is 5.32 Å². The first kappa shape index (κ1) is 16.1. The number of hydrogen-bond acceptors (Lipinski definition) is 3. The number of nitrogens with zero attached hydrogens (tertiary/aromatic N) is 1. The van der Waals surface area contributed by atoms with Gasteiger partial charge in [-0.05, 0) is 40.5 Å². The lowest BCUT2D eigenvalue weighted by molar-refractivity contribution is -0.141. The fourth-order valence-corrected chi connectivity index (χ4v) is 3.81. The third-order valence-electron chi connectivity index (χ3n) is 3.13. The second-order valence-electron chi connectivity index (χ2n) is 4.51. The molecule has 1 aliphatic rings. The van der Waals surface area contributed by atoms with E-state index in [0.29, 0.717) is 16.6 Å². The van der Waals surface area contributed by atoms with E-state index in [1.165, 1.54) is 34.9 Å². The number of nitrogens with one attached hydrogen (secondary N) is 1. The van der Waals surface area contributed by atoms with E-state index in [4.69, 9.17) is 0 Å². The van der Waals surface area contributed by atoms with Crippen LogP contribution in [0, 0.1) is 5.82 Å². The second kappa shape index (κ2) is 6.65. The first-order chi connectivity index (χ1) is 9.93. The Morgan fingerprint density at radius 1 is 1.57 bits per heavy atom. The van der Waals surface area contributed by atoms with Crippen molar-refractivity contribution in [3.8, 4) is 0 Å². The molecule has 0 aliphatic carbocycles. The van der Waals surface area contributed by atoms with Crippen LogP contribution in [0.1, 0.15) is 13.3 Å². The standard InChI is InChI=1S/C13H14BrFN2O3S/c1-2-11-17(10(6-21-11)12(18)19)13(20)16-9-5-7(15)3-4-8(9)14/h3-5,10-11H,2,6H2,1H3,(H,16,20)(H,18,19). The molecule has 2 N–H and O–H groups in total. The van der Waals surface area contributed by atoms with Gasteiger partial charge in [0.15, 0.2) is 0 Å². The van der Waals surface area contributed by atoms with E-state index in [1.807, 2.05) is 6.92 Å². The van der Waals surface area contributed by atoms with Gasteiger partial charge < -0.3 is 10.4 Å². The number of rotatable bonds is 3. The van der Waals surface area contributed by atoms with Crippen molar-refractivity contribution < 1.29 is 19.1 Å². The van der Waals surface area contributed by atoms with E-state index >= 15 is 0 Å². The Morgan fingerprint density at radius 2 is 2.29 bits per heavy atom. The molecule has 1 heterocycles. The Kier molecular flexibility index (Phi) is 5.10. The molecule has 1 fully saturated rings. The lowest BCUT2D eigenvalue weighted by Crippen LogP contribution is -2.47. The Bertz CT molecular complexity index is 572. The summed E-state index contributed by atoms with van der Waals surface area (Å²) >= 11 is 4.65. The maximum absolute atomic E-state index is 13.2. The average molecular weight is 377 g/mol. The van der Waals surface area contributed by atoms with E-state index in [1.54, 1.807) is 0 Å². The number of amides is 2. The molecule has 114 valence electrons. The van der Waals surface area contributed by atoms with Crippen LogP contribution >= 0.6 is 27.7 Å². The molecule has 1 aromatic carbocycles. The Balaban J connectivity index is 2.21. The van der Waals surface area contributed by atoms with Crippen LogP contribution in [-0.2, 0) is 4.79 Å². The summed E-state index contributed by atoms with van der Waals surface area (Å²) in [6.45, 7) is 1.89. The number of anilines is 1. The number of carboxylic acids is 1. The Morgan fingerprint density at radius 3 is 2.90 bits per heavy atom. The van der Waals surface area contributed by atoms with Crippen LogP contribution in [0.4, 0.5) is 14.9 Å². The molecule has 5 nitrogen and oxygen atoms in total. The molecule has 8 heteroatoms. The fourth-order valence-electron chi connectivity index (χ4n) is 2.11. The summed E-state index contributed by atoms with van der Waals surface area (Å²) in [6.07, 6.45) is 0.645. The summed E-state index contributed by atoms with van der Waals surface area (Å²) in [7, 11) is 0.